The summed E-state index contributed by atoms with van der Waals surface area (Å²) < 4.78 is 0. The average Bonchev–Trinajstić information content (AvgIpc) is 2.99. The summed E-state index contributed by atoms with van der Waals surface area (Å²) in [5.41, 5.74) is 3.19. The molecule has 25 heavy (non-hydrogen) atoms. The van der Waals surface area contributed by atoms with E-state index in [-0.39, 0.29) is 6.03 Å². The molecule has 1 saturated heterocycles. The normalized spacial score (nSPS) is 14.3. The molecule has 0 bridgehead atoms. The number of carbonyl (C=O) groups excluding carboxylic acids is 1. The van der Waals surface area contributed by atoms with E-state index in [9.17, 15) is 4.79 Å². The topological polar surface area (TPSA) is 35.6 Å². The van der Waals surface area contributed by atoms with Gasteiger partial charge in [-0.3, -0.25) is 4.90 Å². The van der Waals surface area contributed by atoms with Gasteiger partial charge in [0.15, 0.2) is 0 Å². The van der Waals surface area contributed by atoms with Gasteiger partial charge in [-0.05, 0) is 48.7 Å². The minimum absolute atomic E-state index is 0.0314. The quantitative estimate of drug-likeness (QED) is 0.775. The Morgan fingerprint density at radius 2 is 1.80 bits per heavy atom. The van der Waals surface area contributed by atoms with Crippen LogP contribution in [0.1, 0.15) is 12.0 Å². The highest BCUT2D eigenvalue weighted by Gasteiger charge is 2.29. The fourth-order valence-electron chi connectivity index (χ4n) is 2.99. The minimum Gasteiger partial charge on any atom is -0.388 e. The Morgan fingerprint density at radius 1 is 1.04 bits per heavy atom. The first-order chi connectivity index (χ1) is 12.1. The zero-order valence-electron chi connectivity index (χ0n) is 14.1. The second kappa shape index (κ2) is 7.98. The molecule has 1 heterocycles. The highest BCUT2D eigenvalue weighted by Crippen LogP contribution is 2.29. The van der Waals surface area contributed by atoms with Crippen LogP contribution in [0, 0.1) is 0 Å². The SMILES string of the molecule is CNc1ccc(CCCN2CCN(c3ccc(Cl)c(Cl)c3)C2=O)cc1. The molecule has 1 N–H and O–H groups in total. The molecule has 2 aromatic rings. The van der Waals surface area contributed by atoms with Crippen LogP contribution >= 0.6 is 23.2 Å². The van der Waals surface area contributed by atoms with Crippen molar-refractivity contribution in [2.75, 3.05) is 36.9 Å². The molecule has 1 aliphatic rings. The molecule has 0 unspecified atom stereocenters. The smallest absolute Gasteiger partial charge is 0.324 e. The Labute approximate surface area is 158 Å². The van der Waals surface area contributed by atoms with Crippen LogP contribution in [0.5, 0.6) is 0 Å². The van der Waals surface area contributed by atoms with Crippen LogP contribution in [0.15, 0.2) is 42.5 Å². The maximum atomic E-state index is 12.6. The molecule has 0 atom stereocenters. The molecule has 1 aliphatic heterocycles. The number of amides is 2. The van der Waals surface area contributed by atoms with Gasteiger partial charge in [0, 0.05) is 38.1 Å². The van der Waals surface area contributed by atoms with Gasteiger partial charge in [0.1, 0.15) is 0 Å². The Balaban J connectivity index is 1.54. The molecule has 6 heteroatoms. The highest BCUT2D eigenvalue weighted by atomic mass is 35.5. The van der Waals surface area contributed by atoms with Crippen molar-refractivity contribution in [1.29, 1.82) is 0 Å². The number of carbonyl (C=O) groups is 1. The number of rotatable bonds is 6. The number of urea groups is 1. The Morgan fingerprint density at radius 3 is 2.48 bits per heavy atom. The molecule has 0 aliphatic carbocycles. The molecule has 132 valence electrons. The van der Waals surface area contributed by atoms with E-state index in [1.807, 2.05) is 18.0 Å². The highest BCUT2D eigenvalue weighted by molar-refractivity contribution is 6.42. The Hall–Kier alpha value is -1.91. The summed E-state index contributed by atoms with van der Waals surface area (Å²) >= 11 is 12.0. The number of nitrogens with zero attached hydrogens (tertiary/aromatic N) is 2. The molecule has 0 aromatic heterocycles. The molecule has 4 nitrogen and oxygen atoms in total. The van der Waals surface area contributed by atoms with E-state index >= 15 is 0 Å². The van der Waals surface area contributed by atoms with E-state index in [4.69, 9.17) is 23.2 Å². The lowest BCUT2D eigenvalue weighted by molar-refractivity contribution is 0.220. The second-order valence-electron chi connectivity index (χ2n) is 6.07. The van der Waals surface area contributed by atoms with Gasteiger partial charge in [-0.2, -0.15) is 0 Å². The average molecular weight is 378 g/mol. The van der Waals surface area contributed by atoms with Crippen LogP contribution in [-0.2, 0) is 6.42 Å². The fourth-order valence-corrected chi connectivity index (χ4v) is 3.29. The summed E-state index contributed by atoms with van der Waals surface area (Å²) in [6.07, 6.45) is 1.90. The molecule has 0 radical (unpaired) electrons. The van der Waals surface area contributed by atoms with E-state index in [0.717, 1.165) is 37.3 Å². The molecule has 0 spiro atoms. The summed E-state index contributed by atoms with van der Waals surface area (Å²) in [6, 6.07) is 13.7. The largest absolute Gasteiger partial charge is 0.388 e. The minimum atomic E-state index is 0.0314. The lowest BCUT2D eigenvalue weighted by atomic mass is 10.1. The van der Waals surface area contributed by atoms with Gasteiger partial charge < -0.3 is 10.2 Å². The molecule has 1 fully saturated rings. The lowest BCUT2D eigenvalue weighted by Crippen LogP contribution is -2.32. The van der Waals surface area contributed by atoms with Crippen molar-refractivity contribution in [3.63, 3.8) is 0 Å². The molecule has 2 aromatic carbocycles. The molecule has 2 amide bonds. The van der Waals surface area contributed by atoms with Gasteiger partial charge in [-0.1, -0.05) is 35.3 Å². The number of hydrogen-bond donors (Lipinski definition) is 1. The number of hydrogen-bond acceptors (Lipinski definition) is 2. The number of anilines is 2. The van der Waals surface area contributed by atoms with Crippen LogP contribution in [-0.4, -0.2) is 37.6 Å². The lowest BCUT2D eigenvalue weighted by Gasteiger charge is -2.19. The van der Waals surface area contributed by atoms with Crippen molar-refractivity contribution in [1.82, 2.24) is 4.90 Å². The van der Waals surface area contributed by atoms with Gasteiger partial charge >= 0.3 is 6.03 Å². The number of aryl methyl sites for hydroxylation is 1. The molecular weight excluding hydrogens is 357 g/mol. The first-order valence-corrected chi connectivity index (χ1v) is 9.12. The standard InChI is InChI=1S/C19H21Cl2N3O/c1-22-15-6-4-14(5-7-15)3-2-10-23-11-12-24(19(23)25)16-8-9-17(20)18(21)13-16/h4-9,13,22H,2-3,10-12H2,1H3. The van der Waals surface area contributed by atoms with Crippen molar-refractivity contribution in [2.24, 2.45) is 0 Å². The van der Waals surface area contributed by atoms with Crippen molar-refractivity contribution >= 4 is 40.6 Å². The van der Waals surface area contributed by atoms with E-state index in [2.05, 4.69) is 29.6 Å². The van der Waals surface area contributed by atoms with Crippen LogP contribution in [0.2, 0.25) is 10.0 Å². The van der Waals surface area contributed by atoms with Crippen LogP contribution in [0.3, 0.4) is 0 Å². The van der Waals surface area contributed by atoms with Crippen molar-refractivity contribution in [3.8, 4) is 0 Å². The Kier molecular flexibility index (Phi) is 5.71. The third-order valence-electron chi connectivity index (χ3n) is 4.45. The number of halogens is 2. The van der Waals surface area contributed by atoms with Crippen molar-refractivity contribution in [2.45, 2.75) is 12.8 Å². The second-order valence-corrected chi connectivity index (χ2v) is 6.88. The maximum Gasteiger partial charge on any atom is 0.324 e. The van der Waals surface area contributed by atoms with Crippen molar-refractivity contribution in [3.05, 3.63) is 58.1 Å². The van der Waals surface area contributed by atoms with Gasteiger partial charge in [0.25, 0.3) is 0 Å². The molecule has 3 rings (SSSR count). The summed E-state index contributed by atoms with van der Waals surface area (Å²) in [5, 5.41) is 4.08. The zero-order valence-corrected chi connectivity index (χ0v) is 15.6. The van der Waals surface area contributed by atoms with E-state index in [1.165, 1.54) is 5.56 Å². The maximum absolute atomic E-state index is 12.6. The van der Waals surface area contributed by atoms with Gasteiger partial charge in [0.05, 0.1) is 10.0 Å². The molecule has 0 saturated carbocycles. The summed E-state index contributed by atoms with van der Waals surface area (Å²) in [4.78, 5) is 16.2. The van der Waals surface area contributed by atoms with Gasteiger partial charge in [-0.15, -0.1) is 0 Å². The summed E-state index contributed by atoms with van der Waals surface area (Å²) in [7, 11) is 1.91. The summed E-state index contributed by atoms with van der Waals surface area (Å²) in [5.74, 6) is 0. The third kappa shape index (κ3) is 4.20. The predicted octanol–water partition coefficient (Wildman–Crippen LogP) is 4.91. The first kappa shape index (κ1) is 17.9. The Bertz CT molecular complexity index is 749. The van der Waals surface area contributed by atoms with Crippen molar-refractivity contribution < 1.29 is 4.79 Å². The van der Waals surface area contributed by atoms with Crippen LogP contribution in [0.4, 0.5) is 16.2 Å². The zero-order chi connectivity index (χ0) is 17.8. The predicted molar refractivity (Wildman–Crippen MR) is 105 cm³/mol. The number of nitrogens with one attached hydrogen (secondary N) is 1. The molecular formula is C19H21Cl2N3O. The van der Waals surface area contributed by atoms with E-state index < -0.39 is 0 Å². The van der Waals surface area contributed by atoms with Crippen LogP contribution < -0.4 is 10.2 Å². The first-order valence-electron chi connectivity index (χ1n) is 8.36. The van der Waals surface area contributed by atoms with Gasteiger partial charge in [-0.25, -0.2) is 4.79 Å². The van der Waals surface area contributed by atoms with Gasteiger partial charge in [0.2, 0.25) is 0 Å². The van der Waals surface area contributed by atoms with E-state index in [0.29, 0.717) is 16.6 Å². The monoisotopic (exact) mass is 377 g/mol. The third-order valence-corrected chi connectivity index (χ3v) is 5.18. The van der Waals surface area contributed by atoms with Crippen LogP contribution in [0.25, 0.3) is 0 Å². The van der Waals surface area contributed by atoms with E-state index in [1.54, 1.807) is 17.0 Å². The summed E-state index contributed by atoms with van der Waals surface area (Å²) in [6.45, 7) is 2.16. The number of benzene rings is 2. The fraction of sp³-hybridized carbons (Fsp3) is 0.316.